The maximum Gasteiger partial charge on any atom is 0.246 e. The summed E-state index contributed by atoms with van der Waals surface area (Å²) in [7, 11) is 3.41. The normalized spacial score (nSPS) is 17.5. The molecule has 0 bridgehead atoms. The molecule has 0 aliphatic carbocycles. The summed E-state index contributed by atoms with van der Waals surface area (Å²) < 4.78 is 24.1. The Kier molecular flexibility index (Phi) is 5.89. The Morgan fingerprint density at radius 1 is 1.36 bits per heavy atom. The molecule has 3 aromatic heterocycles. The summed E-state index contributed by atoms with van der Waals surface area (Å²) in [5.74, 6) is 5.47. The fraction of sp³-hybridized carbons (Fsp3) is 0.320. The van der Waals surface area contributed by atoms with Crippen molar-refractivity contribution in [2.75, 3.05) is 26.0 Å². The van der Waals surface area contributed by atoms with Crippen molar-refractivity contribution in [2.24, 2.45) is 7.05 Å². The van der Waals surface area contributed by atoms with Gasteiger partial charge in [0.2, 0.25) is 5.91 Å². The van der Waals surface area contributed by atoms with Gasteiger partial charge < -0.3 is 19.9 Å². The standard InChI is InChI=1S/C25H25FN8O2/c1-5-20(35)33-10-15(9-16(33)11-36-4)34-25-21(24(27)28-12-29-25)18(31-34)7-6-17-14(2)8-19-23(22(17)26)30-13-32(19)3/h5,8,12-13,15-16H,1,9-11H2,2-4H3,(H2,27,28,29)/t15-,16+/m0/s1. The molecule has 4 heterocycles. The Morgan fingerprint density at radius 3 is 2.92 bits per heavy atom. The molecule has 0 spiro atoms. The molecule has 4 aromatic rings. The molecular formula is C25H25FN8O2. The average molecular weight is 489 g/mol. The third kappa shape index (κ3) is 3.76. The van der Waals surface area contributed by atoms with E-state index in [-0.39, 0.29) is 34.9 Å². The zero-order valence-corrected chi connectivity index (χ0v) is 20.2. The minimum absolute atomic E-state index is 0.139. The van der Waals surface area contributed by atoms with Gasteiger partial charge in [0, 0.05) is 20.7 Å². The summed E-state index contributed by atoms with van der Waals surface area (Å²) in [5, 5.41) is 5.19. The quantitative estimate of drug-likeness (QED) is 0.345. The summed E-state index contributed by atoms with van der Waals surface area (Å²) >= 11 is 0. The number of amides is 1. The van der Waals surface area contributed by atoms with Crippen LogP contribution in [0.4, 0.5) is 10.2 Å². The summed E-state index contributed by atoms with van der Waals surface area (Å²) in [6, 6.07) is 1.52. The molecule has 184 valence electrons. The van der Waals surface area contributed by atoms with Gasteiger partial charge in [0.05, 0.1) is 41.5 Å². The van der Waals surface area contributed by atoms with Crippen LogP contribution in [0, 0.1) is 24.6 Å². The predicted octanol–water partition coefficient (Wildman–Crippen LogP) is 2.12. The first-order valence-corrected chi connectivity index (χ1v) is 11.4. The second-order valence-electron chi connectivity index (χ2n) is 8.80. The van der Waals surface area contributed by atoms with E-state index >= 15 is 4.39 Å². The Hall–Kier alpha value is -4.30. The van der Waals surface area contributed by atoms with Gasteiger partial charge in [0.15, 0.2) is 11.5 Å². The first-order chi connectivity index (χ1) is 17.3. The minimum atomic E-state index is -0.483. The highest BCUT2D eigenvalue weighted by molar-refractivity contribution is 5.91. The van der Waals surface area contributed by atoms with Gasteiger partial charge in [-0.2, -0.15) is 5.10 Å². The number of aromatic nitrogens is 6. The molecule has 5 rings (SSSR count). The SMILES string of the molecule is C=CC(=O)N1C[C@@H](n2nc(C#Cc3c(C)cc4c(ncn4C)c3F)c3c(N)ncnc32)C[C@@H]1COC. The van der Waals surface area contributed by atoms with Crippen LogP contribution in [0.15, 0.2) is 31.4 Å². The van der Waals surface area contributed by atoms with E-state index in [0.29, 0.717) is 47.4 Å². The Bertz CT molecular complexity index is 1580. The van der Waals surface area contributed by atoms with E-state index in [4.69, 9.17) is 15.6 Å². The van der Waals surface area contributed by atoms with Gasteiger partial charge >= 0.3 is 0 Å². The fourth-order valence-corrected chi connectivity index (χ4v) is 4.77. The lowest BCUT2D eigenvalue weighted by atomic mass is 10.1. The zero-order chi connectivity index (χ0) is 25.6. The summed E-state index contributed by atoms with van der Waals surface area (Å²) in [4.78, 5) is 26.8. The highest BCUT2D eigenvalue weighted by Gasteiger charge is 2.37. The lowest BCUT2D eigenvalue weighted by molar-refractivity contribution is -0.127. The molecular weight excluding hydrogens is 463 g/mol. The maximum atomic E-state index is 15.2. The van der Waals surface area contributed by atoms with Crippen LogP contribution in [0.25, 0.3) is 22.1 Å². The van der Waals surface area contributed by atoms with Crippen LogP contribution in [0.2, 0.25) is 0 Å². The molecule has 10 nitrogen and oxygen atoms in total. The van der Waals surface area contributed by atoms with Crippen molar-refractivity contribution in [1.82, 2.24) is 34.2 Å². The van der Waals surface area contributed by atoms with E-state index < -0.39 is 5.82 Å². The molecule has 0 radical (unpaired) electrons. The van der Waals surface area contributed by atoms with Crippen molar-refractivity contribution >= 4 is 33.8 Å². The number of hydrogen-bond donors (Lipinski definition) is 1. The van der Waals surface area contributed by atoms with Crippen LogP contribution in [0.1, 0.15) is 29.3 Å². The third-order valence-corrected chi connectivity index (χ3v) is 6.54. The molecule has 0 unspecified atom stereocenters. The van der Waals surface area contributed by atoms with E-state index in [9.17, 15) is 4.79 Å². The highest BCUT2D eigenvalue weighted by atomic mass is 19.1. The van der Waals surface area contributed by atoms with Crippen molar-refractivity contribution in [3.63, 3.8) is 0 Å². The number of imidazole rings is 1. The number of carbonyl (C=O) groups is 1. The van der Waals surface area contributed by atoms with Gasteiger partial charge in [-0.1, -0.05) is 12.5 Å². The molecule has 36 heavy (non-hydrogen) atoms. The van der Waals surface area contributed by atoms with Crippen LogP contribution in [0.5, 0.6) is 0 Å². The Morgan fingerprint density at radius 2 is 2.17 bits per heavy atom. The van der Waals surface area contributed by atoms with E-state index in [1.54, 1.807) is 34.5 Å². The van der Waals surface area contributed by atoms with Crippen LogP contribution >= 0.6 is 0 Å². The molecule has 1 amide bonds. The Balaban J connectivity index is 1.59. The number of nitrogen functional groups attached to an aromatic ring is 1. The van der Waals surface area contributed by atoms with E-state index in [1.807, 2.05) is 13.1 Å². The lowest BCUT2D eigenvalue weighted by Crippen LogP contribution is -2.37. The highest BCUT2D eigenvalue weighted by Crippen LogP contribution is 2.32. The first kappa shape index (κ1) is 23.4. The number of anilines is 1. The fourth-order valence-electron chi connectivity index (χ4n) is 4.77. The predicted molar refractivity (Wildman–Crippen MR) is 132 cm³/mol. The number of aryl methyl sites for hydroxylation is 2. The van der Waals surface area contributed by atoms with Crippen molar-refractivity contribution in [1.29, 1.82) is 0 Å². The van der Waals surface area contributed by atoms with Gasteiger partial charge in [-0.05, 0) is 37.0 Å². The molecule has 1 aliphatic heterocycles. The van der Waals surface area contributed by atoms with Gasteiger partial charge in [-0.15, -0.1) is 0 Å². The van der Waals surface area contributed by atoms with Crippen LogP contribution < -0.4 is 5.73 Å². The van der Waals surface area contributed by atoms with Gasteiger partial charge in [-0.3, -0.25) is 4.79 Å². The smallest absolute Gasteiger partial charge is 0.246 e. The number of benzene rings is 1. The molecule has 1 saturated heterocycles. The van der Waals surface area contributed by atoms with Crippen LogP contribution in [-0.4, -0.2) is 66.4 Å². The number of nitrogens with zero attached hydrogens (tertiary/aromatic N) is 7. The molecule has 0 saturated carbocycles. The first-order valence-electron chi connectivity index (χ1n) is 11.4. The molecule has 1 fully saturated rings. The second kappa shape index (κ2) is 9.05. The Labute approximate surface area is 206 Å². The number of halogens is 1. The van der Waals surface area contributed by atoms with Crippen LogP contribution in [-0.2, 0) is 16.6 Å². The summed E-state index contributed by atoms with van der Waals surface area (Å²) in [6.45, 7) is 6.19. The number of fused-ring (bicyclic) bond motifs is 2. The minimum Gasteiger partial charge on any atom is -0.383 e. The molecule has 2 N–H and O–H groups in total. The van der Waals surface area contributed by atoms with E-state index in [0.717, 1.165) is 0 Å². The number of hydrogen-bond acceptors (Lipinski definition) is 7. The van der Waals surface area contributed by atoms with Crippen LogP contribution in [0.3, 0.4) is 0 Å². The van der Waals surface area contributed by atoms with Gasteiger partial charge in [-0.25, -0.2) is 24.0 Å². The number of ether oxygens (including phenoxy) is 1. The number of nitrogens with two attached hydrogens (primary N) is 1. The van der Waals surface area contributed by atoms with Crippen molar-refractivity contribution < 1.29 is 13.9 Å². The number of rotatable bonds is 4. The summed E-state index contributed by atoms with van der Waals surface area (Å²) in [5.41, 5.74) is 8.89. The number of methoxy groups -OCH3 is 1. The maximum absolute atomic E-state index is 15.2. The van der Waals surface area contributed by atoms with Gasteiger partial charge in [0.25, 0.3) is 0 Å². The van der Waals surface area contributed by atoms with E-state index in [1.165, 1.54) is 12.4 Å². The average Bonchev–Trinajstić information content (AvgIpc) is 3.55. The van der Waals surface area contributed by atoms with Crippen molar-refractivity contribution in [3.8, 4) is 11.8 Å². The zero-order valence-electron chi connectivity index (χ0n) is 20.2. The molecule has 2 atom stereocenters. The van der Waals surface area contributed by atoms with E-state index in [2.05, 4.69) is 33.4 Å². The number of likely N-dealkylation sites (tertiary alicyclic amines) is 1. The number of carbonyl (C=O) groups excluding carboxylic acids is 1. The largest absolute Gasteiger partial charge is 0.383 e. The third-order valence-electron chi connectivity index (χ3n) is 6.54. The molecule has 1 aromatic carbocycles. The molecule has 11 heteroatoms. The topological polar surface area (TPSA) is 117 Å². The van der Waals surface area contributed by atoms with Crippen molar-refractivity contribution in [3.05, 3.63) is 54.0 Å². The summed E-state index contributed by atoms with van der Waals surface area (Å²) in [6.07, 6.45) is 4.82. The second-order valence-corrected chi connectivity index (χ2v) is 8.80. The lowest BCUT2D eigenvalue weighted by Gasteiger charge is -2.22. The van der Waals surface area contributed by atoms with Gasteiger partial charge in [0.1, 0.15) is 23.4 Å². The monoisotopic (exact) mass is 488 g/mol. The van der Waals surface area contributed by atoms with Crippen molar-refractivity contribution in [2.45, 2.75) is 25.4 Å². The molecule has 1 aliphatic rings.